The summed E-state index contributed by atoms with van der Waals surface area (Å²) in [5.41, 5.74) is 2.12. The molecule has 3 aliphatic heterocycles. The highest BCUT2D eigenvalue weighted by atomic mass is 127. The first-order valence-electron chi connectivity index (χ1n) is 11.4. The van der Waals surface area contributed by atoms with Crippen LogP contribution in [0.3, 0.4) is 0 Å². The molecule has 3 aliphatic rings. The number of guanidine groups is 1. The normalized spacial score (nSPS) is 22.0. The highest BCUT2D eigenvalue weighted by Gasteiger charge is 2.30. The summed E-state index contributed by atoms with van der Waals surface area (Å²) < 4.78 is 5.54. The maximum Gasteiger partial charge on any atom is 0.251 e. The number of rotatable bonds is 4. The van der Waals surface area contributed by atoms with E-state index in [4.69, 9.17) is 4.74 Å². The van der Waals surface area contributed by atoms with Crippen molar-refractivity contribution in [1.29, 1.82) is 0 Å². The van der Waals surface area contributed by atoms with Gasteiger partial charge in [0, 0.05) is 65.0 Å². The van der Waals surface area contributed by atoms with E-state index in [0.717, 1.165) is 62.5 Å². The van der Waals surface area contributed by atoms with Crippen molar-refractivity contribution in [2.45, 2.75) is 44.8 Å². The van der Waals surface area contributed by atoms with Crippen LogP contribution in [0.15, 0.2) is 29.3 Å². The van der Waals surface area contributed by atoms with E-state index in [0.29, 0.717) is 32.7 Å². The fourth-order valence-corrected chi connectivity index (χ4v) is 4.50. The van der Waals surface area contributed by atoms with Crippen molar-refractivity contribution < 1.29 is 14.3 Å². The number of halogens is 1. The predicted molar refractivity (Wildman–Crippen MR) is 135 cm³/mol. The average molecular weight is 555 g/mol. The van der Waals surface area contributed by atoms with Gasteiger partial charge in [-0.3, -0.25) is 14.6 Å². The van der Waals surface area contributed by atoms with E-state index < -0.39 is 0 Å². The van der Waals surface area contributed by atoms with Gasteiger partial charge in [-0.05, 0) is 43.4 Å². The van der Waals surface area contributed by atoms with Gasteiger partial charge in [0.15, 0.2) is 5.96 Å². The first-order valence-corrected chi connectivity index (χ1v) is 11.4. The number of nitrogens with one attached hydrogen (secondary N) is 1. The number of benzene rings is 1. The maximum atomic E-state index is 12.5. The van der Waals surface area contributed by atoms with Crippen LogP contribution in [0, 0.1) is 0 Å². The molecule has 2 amide bonds. The number of hydrogen-bond donors (Lipinski definition) is 1. The third-order valence-corrected chi connectivity index (χ3v) is 6.33. The number of amides is 2. The lowest BCUT2D eigenvalue weighted by molar-refractivity contribution is -0.142. The number of anilines is 1. The molecule has 9 heteroatoms. The van der Waals surface area contributed by atoms with E-state index in [1.165, 1.54) is 0 Å². The van der Waals surface area contributed by atoms with Crippen LogP contribution in [0.4, 0.5) is 5.69 Å². The number of piperidine rings is 1. The molecule has 4 rings (SSSR count). The van der Waals surface area contributed by atoms with Crippen molar-refractivity contribution in [3.8, 4) is 0 Å². The zero-order valence-corrected chi connectivity index (χ0v) is 21.1. The molecule has 0 spiro atoms. The molecule has 0 saturated carbocycles. The van der Waals surface area contributed by atoms with Crippen molar-refractivity contribution in [3.05, 3.63) is 29.8 Å². The number of nitrogens with zero attached hydrogens (tertiary/aromatic N) is 4. The topological polar surface area (TPSA) is 77.5 Å². The molecule has 0 aromatic heterocycles. The Morgan fingerprint density at radius 2 is 1.78 bits per heavy atom. The van der Waals surface area contributed by atoms with Crippen molar-refractivity contribution in [2.75, 3.05) is 51.3 Å². The minimum Gasteiger partial charge on any atom is -0.368 e. The Kier molecular flexibility index (Phi) is 9.15. The van der Waals surface area contributed by atoms with Gasteiger partial charge in [0.2, 0.25) is 5.91 Å². The highest BCUT2D eigenvalue weighted by Crippen LogP contribution is 2.21. The monoisotopic (exact) mass is 555 g/mol. The summed E-state index contributed by atoms with van der Waals surface area (Å²) in [4.78, 5) is 35.1. The Bertz CT molecular complexity index is 802. The summed E-state index contributed by atoms with van der Waals surface area (Å²) in [6.45, 7) is 5.07. The van der Waals surface area contributed by atoms with Crippen molar-refractivity contribution in [1.82, 2.24) is 15.1 Å². The summed E-state index contributed by atoms with van der Waals surface area (Å²) in [5, 5.41) is 3.43. The summed E-state index contributed by atoms with van der Waals surface area (Å²) in [5.74, 6) is 1.20. The third-order valence-electron chi connectivity index (χ3n) is 6.33. The lowest BCUT2D eigenvalue weighted by Gasteiger charge is -2.37. The molecule has 1 atom stereocenters. The smallest absolute Gasteiger partial charge is 0.251 e. The second-order valence-electron chi connectivity index (χ2n) is 8.38. The minimum atomic E-state index is -0.243. The Morgan fingerprint density at radius 3 is 2.41 bits per heavy atom. The van der Waals surface area contributed by atoms with Gasteiger partial charge in [0.25, 0.3) is 5.91 Å². The quantitative estimate of drug-likeness (QED) is 0.351. The molecule has 3 heterocycles. The van der Waals surface area contributed by atoms with Crippen LogP contribution in [0.25, 0.3) is 0 Å². The van der Waals surface area contributed by atoms with E-state index in [2.05, 4.69) is 27.3 Å². The molecule has 1 unspecified atom stereocenters. The maximum absolute atomic E-state index is 12.5. The molecule has 1 N–H and O–H groups in total. The van der Waals surface area contributed by atoms with E-state index in [1.807, 2.05) is 21.9 Å². The molecule has 176 valence electrons. The van der Waals surface area contributed by atoms with E-state index in [9.17, 15) is 9.59 Å². The van der Waals surface area contributed by atoms with Gasteiger partial charge in [0.1, 0.15) is 6.10 Å². The van der Waals surface area contributed by atoms with Gasteiger partial charge in [-0.15, -0.1) is 24.0 Å². The van der Waals surface area contributed by atoms with Gasteiger partial charge in [-0.1, -0.05) is 12.1 Å². The van der Waals surface area contributed by atoms with Crippen LogP contribution >= 0.6 is 24.0 Å². The fourth-order valence-electron chi connectivity index (χ4n) is 4.50. The van der Waals surface area contributed by atoms with Crippen LogP contribution in [-0.2, 0) is 20.9 Å². The number of piperazine rings is 1. The van der Waals surface area contributed by atoms with Crippen molar-refractivity contribution >= 4 is 47.4 Å². The fraction of sp³-hybridized carbons (Fsp3) is 0.609. The number of carbonyl (C=O) groups is 2. The van der Waals surface area contributed by atoms with Crippen molar-refractivity contribution in [3.63, 3.8) is 0 Å². The summed E-state index contributed by atoms with van der Waals surface area (Å²) >= 11 is 0. The first kappa shape index (κ1) is 24.8. The summed E-state index contributed by atoms with van der Waals surface area (Å²) in [7, 11) is 1.79. The van der Waals surface area contributed by atoms with Gasteiger partial charge in [-0.25, -0.2) is 0 Å². The molecule has 8 nitrogen and oxygen atoms in total. The molecule has 0 aliphatic carbocycles. The Balaban J connectivity index is 0.00000289. The largest absolute Gasteiger partial charge is 0.368 e. The van der Waals surface area contributed by atoms with Gasteiger partial charge < -0.3 is 24.8 Å². The summed E-state index contributed by atoms with van der Waals surface area (Å²) in [6, 6.07) is 8.18. The molecular formula is C23H34IN5O3. The molecule has 1 aromatic rings. The van der Waals surface area contributed by atoms with E-state index in [-0.39, 0.29) is 41.9 Å². The van der Waals surface area contributed by atoms with Crippen LogP contribution in [-0.4, -0.2) is 80.1 Å². The van der Waals surface area contributed by atoms with E-state index >= 15 is 0 Å². The zero-order chi connectivity index (χ0) is 21.6. The predicted octanol–water partition coefficient (Wildman–Crippen LogP) is 2.22. The van der Waals surface area contributed by atoms with Crippen LogP contribution in [0.5, 0.6) is 0 Å². The molecule has 32 heavy (non-hydrogen) atoms. The Morgan fingerprint density at radius 1 is 1.06 bits per heavy atom. The van der Waals surface area contributed by atoms with Crippen LogP contribution in [0.2, 0.25) is 0 Å². The van der Waals surface area contributed by atoms with Crippen LogP contribution < -0.4 is 10.2 Å². The highest BCUT2D eigenvalue weighted by molar-refractivity contribution is 14.0. The average Bonchev–Trinajstić information content (AvgIpc) is 3.35. The number of carbonyl (C=O) groups excluding carboxylic acids is 2. The van der Waals surface area contributed by atoms with Gasteiger partial charge >= 0.3 is 0 Å². The lowest BCUT2D eigenvalue weighted by Crippen LogP contribution is -2.55. The number of hydrogen-bond acceptors (Lipinski definition) is 4. The third kappa shape index (κ3) is 5.92. The zero-order valence-electron chi connectivity index (χ0n) is 18.8. The standard InChI is InChI=1S/C23H33N5O3.HI/c1-24-23(27-14-12-26(13-15-27)22(30)20-5-4-16-31-20)25-17-18-7-9-19(10-8-18)28-11-3-2-6-21(28)29;/h7-10,20H,2-6,11-17H2,1H3,(H,24,25);1H. The van der Waals surface area contributed by atoms with Gasteiger partial charge in [0.05, 0.1) is 0 Å². The summed E-state index contributed by atoms with van der Waals surface area (Å²) in [6.07, 6.45) is 4.28. The molecule has 3 saturated heterocycles. The Hall–Kier alpha value is -1.88. The van der Waals surface area contributed by atoms with Crippen LogP contribution in [0.1, 0.15) is 37.7 Å². The molecule has 0 bridgehead atoms. The molecular weight excluding hydrogens is 521 g/mol. The minimum absolute atomic E-state index is 0. The first-order chi connectivity index (χ1) is 15.2. The lowest BCUT2D eigenvalue weighted by atomic mass is 10.1. The van der Waals surface area contributed by atoms with E-state index in [1.54, 1.807) is 7.05 Å². The SMILES string of the molecule is CN=C(NCc1ccc(N2CCCCC2=O)cc1)N1CCN(C(=O)C2CCCO2)CC1.I. The Labute approximate surface area is 207 Å². The van der Waals surface area contributed by atoms with Gasteiger partial charge in [-0.2, -0.15) is 0 Å². The second-order valence-corrected chi connectivity index (χ2v) is 8.38. The molecule has 3 fully saturated rings. The number of ether oxygens (including phenoxy) is 1. The van der Waals surface area contributed by atoms with Crippen molar-refractivity contribution in [2.24, 2.45) is 4.99 Å². The second kappa shape index (κ2) is 11.8. The molecule has 1 aromatic carbocycles. The molecule has 0 radical (unpaired) electrons. The number of aliphatic imine (C=N–C) groups is 1.